The molecule has 0 radical (unpaired) electrons. The van der Waals surface area contributed by atoms with Crippen LogP contribution in [0.3, 0.4) is 0 Å². The molecule has 2 saturated carbocycles. The van der Waals surface area contributed by atoms with Gasteiger partial charge in [0.1, 0.15) is 24.0 Å². The molecule has 2 fully saturated rings. The van der Waals surface area contributed by atoms with Crippen LogP contribution in [0.25, 0.3) is 11.1 Å². The summed E-state index contributed by atoms with van der Waals surface area (Å²) >= 11 is 0. The maximum atomic E-state index is 15.9. The Morgan fingerprint density at radius 3 is 2.46 bits per heavy atom. The highest BCUT2D eigenvalue weighted by molar-refractivity contribution is 5.79. The van der Waals surface area contributed by atoms with E-state index in [1.165, 1.54) is 6.07 Å². The molecular weight excluding hydrogens is 529 g/mol. The van der Waals surface area contributed by atoms with Gasteiger partial charge in [-0.1, -0.05) is 45.4 Å². The third-order valence-corrected chi connectivity index (χ3v) is 10.2. The highest BCUT2D eigenvalue weighted by atomic mass is 19.1. The highest BCUT2D eigenvalue weighted by Gasteiger charge is 2.70. The number of carboxylic acids is 1. The van der Waals surface area contributed by atoms with Crippen molar-refractivity contribution >= 4 is 5.97 Å². The lowest BCUT2D eigenvalue weighted by atomic mass is 9.75. The second-order valence-electron chi connectivity index (χ2n) is 12.7. The number of carbonyl (C=O) groups is 1. The van der Waals surface area contributed by atoms with Gasteiger partial charge >= 0.3 is 5.97 Å². The summed E-state index contributed by atoms with van der Waals surface area (Å²) in [5, 5.41) is 9.68. The molecule has 4 unspecified atom stereocenters. The van der Waals surface area contributed by atoms with Gasteiger partial charge in [0, 0.05) is 22.6 Å². The summed E-state index contributed by atoms with van der Waals surface area (Å²) in [7, 11) is 1.55. The minimum atomic E-state index is -0.980. The van der Waals surface area contributed by atoms with Crippen LogP contribution in [0.4, 0.5) is 13.2 Å². The van der Waals surface area contributed by atoms with Gasteiger partial charge in [0.25, 0.3) is 0 Å². The number of benzene rings is 3. The number of rotatable bonds is 7. The summed E-state index contributed by atoms with van der Waals surface area (Å²) in [6.45, 7) is 6.22. The molecule has 0 bridgehead atoms. The second kappa shape index (κ2) is 9.81. The molecule has 0 amide bonds. The first-order chi connectivity index (χ1) is 19.5. The number of hydrogen-bond donors (Lipinski definition) is 1. The van der Waals surface area contributed by atoms with Crippen molar-refractivity contribution in [1.82, 2.24) is 0 Å². The van der Waals surface area contributed by atoms with Crippen molar-refractivity contribution in [2.24, 2.45) is 17.3 Å². The van der Waals surface area contributed by atoms with Gasteiger partial charge in [-0.15, -0.1) is 0 Å². The summed E-state index contributed by atoms with van der Waals surface area (Å²) in [6.07, 6.45) is 3.81. The van der Waals surface area contributed by atoms with Gasteiger partial charge in [0.05, 0.1) is 13.0 Å². The lowest BCUT2D eigenvalue weighted by Crippen LogP contribution is -2.17. The molecule has 3 aromatic carbocycles. The monoisotopic (exact) mass is 564 g/mol. The van der Waals surface area contributed by atoms with Crippen LogP contribution >= 0.6 is 0 Å². The number of aliphatic carboxylic acids is 1. The fourth-order valence-corrected chi connectivity index (χ4v) is 7.90. The Morgan fingerprint density at radius 1 is 1.02 bits per heavy atom. The molecule has 1 spiro atoms. The van der Waals surface area contributed by atoms with Crippen molar-refractivity contribution in [3.05, 3.63) is 82.2 Å². The Balaban J connectivity index is 1.35. The van der Waals surface area contributed by atoms with Crippen molar-refractivity contribution in [3.63, 3.8) is 0 Å². The summed E-state index contributed by atoms with van der Waals surface area (Å²) in [5.41, 5.74) is 2.56. The van der Waals surface area contributed by atoms with Crippen LogP contribution in [-0.2, 0) is 23.2 Å². The predicted molar refractivity (Wildman–Crippen MR) is 150 cm³/mol. The van der Waals surface area contributed by atoms with E-state index in [9.17, 15) is 9.90 Å². The van der Waals surface area contributed by atoms with Crippen LogP contribution in [0.1, 0.15) is 74.6 Å². The van der Waals surface area contributed by atoms with E-state index in [2.05, 4.69) is 13.8 Å². The van der Waals surface area contributed by atoms with Crippen LogP contribution < -0.4 is 9.47 Å². The summed E-state index contributed by atoms with van der Waals surface area (Å²) in [6, 6.07) is 11.5. The van der Waals surface area contributed by atoms with Gasteiger partial charge < -0.3 is 14.6 Å². The van der Waals surface area contributed by atoms with Crippen LogP contribution in [0.15, 0.2) is 42.5 Å². The molecule has 4 nitrogen and oxygen atoms in total. The average molecular weight is 565 g/mol. The predicted octanol–water partition coefficient (Wildman–Crippen LogP) is 8.19. The third-order valence-electron chi connectivity index (χ3n) is 10.2. The molecule has 4 atom stereocenters. The highest BCUT2D eigenvalue weighted by Crippen LogP contribution is 2.67. The largest absolute Gasteiger partial charge is 0.497 e. The van der Waals surface area contributed by atoms with Crippen molar-refractivity contribution in [2.75, 3.05) is 7.11 Å². The van der Waals surface area contributed by atoms with Gasteiger partial charge in [-0.3, -0.25) is 4.79 Å². The van der Waals surface area contributed by atoms with Gasteiger partial charge in [-0.2, -0.15) is 0 Å². The van der Waals surface area contributed by atoms with Crippen molar-refractivity contribution < 1.29 is 32.5 Å². The first-order valence-corrected chi connectivity index (χ1v) is 14.3. The Morgan fingerprint density at radius 2 is 1.80 bits per heavy atom. The van der Waals surface area contributed by atoms with Crippen LogP contribution in [0.5, 0.6) is 11.5 Å². The quantitative estimate of drug-likeness (QED) is 0.314. The first kappa shape index (κ1) is 27.7. The second-order valence-corrected chi connectivity index (χ2v) is 12.7. The van der Waals surface area contributed by atoms with Gasteiger partial charge in [-0.05, 0) is 83.4 Å². The van der Waals surface area contributed by atoms with Crippen molar-refractivity contribution in [2.45, 2.75) is 70.8 Å². The maximum absolute atomic E-state index is 15.9. The SMILES string of the molecule is COc1ccc(F)c(-c2ccc(COc3cc(F)c4c(c3F)C3(CC4)C(C)C3C(=O)O)cc2C2CCCC2(C)C)c1. The van der Waals surface area contributed by atoms with Gasteiger partial charge in [0.2, 0.25) is 0 Å². The van der Waals surface area contributed by atoms with Crippen molar-refractivity contribution in [3.8, 4) is 22.6 Å². The molecule has 3 aliphatic rings. The Labute approximate surface area is 238 Å². The zero-order chi connectivity index (χ0) is 29.3. The van der Waals surface area contributed by atoms with E-state index >= 15 is 13.2 Å². The molecule has 216 valence electrons. The lowest BCUT2D eigenvalue weighted by Gasteiger charge is -2.30. The van der Waals surface area contributed by atoms with Crippen LogP contribution in [0.2, 0.25) is 0 Å². The Hall–Kier alpha value is -3.48. The minimum Gasteiger partial charge on any atom is -0.497 e. The summed E-state index contributed by atoms with van der Waals surface area (Å²) < 4.78 is 57.4. The number of ether oxygens (including phenoxy) is 2. The lowest BCUT2D eigenvalue weighted by molar-refractivity contribution is -0.139. The molecule has 3 aliphatic carbocycles. The Kier molecular flexibility index (Phi) is 6.63. The normalized spacial score (nSPS) is 25.8. The molecule has 0 saturated heterocycles. The fourth-order valence-electron chi connectivity index (χ4n) is 7.90. The molecule has 41 heavy (non-hydrogen) atoms. The minimum absolute atomic E-state index is 0.00868. The third kappa shape index (κ3) is 4.31. The van der Waals surface area contributed by atoms with Gasteiger partial charge in [0.15, 0.2) is 11.6 Å². The Bertz CT molecular complexity index is 1550. The maximum Gasteiger partial charge on any atom is 0.307 e. The number of methoxy groups -OCH3 is 1. The zero-order valence-corrected chi connectivity index (χ0v) is 23.8. The molecule has 6 rings (SSSR count). The van der Waals surface area contributed by atoms with E-state index in [1.807, 2.05) is 18.2 Å². The van der Waals surface area contributed by atoms with E-state index in [0.29, 0.717) is 24.2 Å². The fraction of sp³-hybridized carbons (Fsp3) is 0.441. The number of halogens is 3. The van der Waals surface area contributed by atoms with Crippen molar-refractivity contribution in [1.29, 1.82) is 0 Å². The molecular formula is C34H35F3O4. The molecule has 0 aliphatic heterocycles. The molecule has 3 aromatic rings. The first-order valence-electron chi connectivity index (χ1n) is 14.3. The van der Waals surface area contributed by atoms with Crippen LogP contribution in [0, 0.1) is 34.7 Å². The zero-order valence-electron chi connectivity index (χ0n) is 23.8. The van der Waals surface area contributed by atoms with E-state index in [-0.39, 0.29) is 46.6 Å². The van der Waals surface area contributed by atoms with Crippen LogP contribution in [-0.4, -0.2) is 18.2 Å². The van der Waals surface area contributed by atoms with Gasteiger partial charge in [-0.25, -0.2) is 13.2 Å². The number of fused-ring (bicyclic) bond motifs is 2. The van der Waals surface area contributed by atoms with E-state index in [1.54, 1.807) is 26.2 Å². The number of hydrogen-bond acceptors (Lipinski definition) is 3. The summed E-state index contributed by atoms with van der Waals surface area (Å²) in [4.78, 5) is 11.8. The standard InChI is InChI=1S/C34H35F3O4/c1-18-29(32(38)39)34(18)13-11-22-27(36)16-28(31(37)30(22)34)41-17-19-7-9-21(24-15-20(40-4)8-10-26(24)35)23(14-19)25-6-5-12-33(25,2)3/h7-10,14-16,18,25,29H,5-6,11-13,17H2,1-4H3,(H,38,39). The van der Waals surface area contributed by atoms with E-state index in [0.717, 1.165) is 42.0 Å². The van der Waals surface area contributed by atoms with E-state index < -0.39 is 28.9 Å². The topological polar surface area (TPSA) is 55.8 Å². The average Bonchev–Trinajstić information content (AvgIpc) is 3.18. The molecule has 0 aromatic heterocycles. The molecule has 7 heteroatoms. The van der Waals surface area contributed by atoms with E-state index in [4.69, 9.17) is 9.47 Å². The number of carboxylic acid groups (broad SMARTS) is 1. The molecule has 0 heterocycles. The molecule has 1 N–H and O–H groups in total. The smallest absolute Gasteiger partial charge is 0.307 e. The summed E-state index contributed by atoms with van der Waals surface area (Å²) in [5.74, 6) is -3.01.